The second kappa shape index (κ2) is 6.88. The van der Waals surface area contributed by atoms with E-state index in [1.54, 1.807) is 0 Å². The van der Waals surface area contributed by atoms with Gasteiger partial charge in [0.1, 0.15) is 0 Å². The molecular formula is C15H30N2O. The molecule has 3 nitrogen and oxygen atoms in total. The Bertz CT molecular complexity index is 239. The summed E-state index contributed by atoms with van der Waals surface area (Å²) in [5.74, 6) is 0. The molecule has 0 aromatic rings. The van der Waals surface area contributed by atoms with Crippen LogP contribution in [-0.2, 0) is 4.74 Å². The van der Waals surface area contributed by atoms with Crippen LogP contribution in [0.25, 0.3) is 0 Å². The predicted molar refractivity (Wildman–Crippen MR) is 75.7 cm³/mol. The zero-order valence-electron chi connectivity index (χ0n) is 12.1. The fraction of sp³-hybridized carbons (Fsp3) is 1.00. The second-order valence-electron chi connectivity index (χ2n) is 5.98. The van der Waals surface area contributed by atoms with Gasteiger partial charge in [-0.05, 0) is 51.5 Å². The van der Waals surface area contributed by atoms with E-state index in [2.05, 4.69) is 18.7 Å². The first-order valence-corrected chi connectivity index (χ1v) is 7.87. The van der Waals surface area contributed by atoms with Crippen molar-refractivity contribution in [3.05, 3.63) is 0 Å². The monoisotopic (exact) mass is 254 g/mol. The quantitative estimate of drug-likeness (QED) is 0.838. The van der Waals surface area contributed by atoms with Crippen molar-refractivity contribution in [3.63, 3.8) is 0 Å². The third-order valence-electron chi connectivity index (χ3n) is 4.84. The number of hydrogen-bond donors (Lipinski definition) is 1. The Labute approximate surface area is 112 Å². The van der Waals surface area contributed by atoms with E-state index >= 15 is 0 Å². The van der Waals surface area contributed by atoms with Crippen molar-refractivity contribution in [1.29, 1.82) is 0 Å². The maximum atomic E-state index is 6.02. The van der Waals surface area contributed by atoms with Gasteiger partial charge in [0.25, 0.3) is 0 Å². The lowest BCUT2D eigenvalue weighted by atomic mass is 9.88. The molecule has 1 aliphatic heterocycles. The molecule has 2 rings (SSSR count). The van der Waals surface area contributed by atoms with Crippen LogP contribution in [-0.4, -0.2) is 42.3 Å². The van der Waals surface area contributed by atoms with E-state index in [-0.39, 0.29) is 0 Å². The predicted octanol–water partition coefficient (Wildman–Crippen LogP) is 2.54. The average Bonchev–Trinajstić information content (AvgIpc) is 2.42. The van der Waals surface area contributed by atoms with Crippen LogP contribution in [0.2, 0.25) is 0 Å². The molecule has 3 heteroatoms. The van der Waals surface area contributed by atoms with Gasteiger partial charge in [-0.3, -0.25) is 4.90 Å². The number of rotatable bonds is 4. The number of hydrogen-bond acceptors (Lipinski definition) is 3. The first-order chi connectivity index (χ1) is 8.74. The Hall–Kier alpha value is -0.120. The molecule has 0 spiro atoms. The molecule has 1 heterocycles. The molecule has 1 aliphatic carbocycles. The molecule has 1 saturated carbocycles. The van der Waals surface area contributed by atoms with Crippen LogP contribution in [0.3, 0.4) is 0 Å². The molecule has 2 fully saturated rings. The molecular weight excluding hydrogens is 224 g/mol. The fourth-order valence-electron chi connectivity index (χ4n) is 3.69. The maximum Gasteiger partial charge on any atom is 0.0587 e. The minimum Gasteiger partial charge on any atom is -0.378 e. The van der Waals surface area contributed by atoms with Crippen molar-refractivity contribution in [3.8, 4) is 0 Å². The third kappa shape index (κ3) is 3.46. The molecule has 0 bridgehead atoms. The van der Waals surface area contributed by atoms with Crippen LogP contribution in [0.4, 0.5) is 0 Å². The molecule has 0 aromatic carbocycles. The minimum absolute atomic E-state index is 0.457. The van der Waals surface area contributed by atoms with Gasteiger partial charge in [-0.15, -0.1) is 0 Å². The molecule has 2 N–H and O–H groups in total. The van der Waals surface area contributed by atoms with Crippen molar-refractivity contribution in [2.75, 3.05) is 13.2 Å². The van der Waals surface area contributed by atoms with Crippen molar-refractivity contribution < 1.29 is 4.74 Å². The molecule has 2 atom stereocenters. The van der Waals surface area contributed by atoms with Gasteiger partial charge in [0.2, 0.25) is 0 Å². The summed E-state index contributed by atoms with van der Waals surface area (Å²) in [5.41, 5.74) is 6.02. The van der Waals surface area contributed by atoms with Gasteiger partial charge in [0.15, 0.2) is 0 Å². The van der Waals surface area contributed by atoms with Gasteiger partial charge in [0.05, 0.1) is 6.10 Å². The van der Waals surface area contributed by atoms with E-state index in [0.717, 1.165) is 25.1 Å². The summed E-state index contributed by atoms with van der Waals surface area (Å²) in [5, 5.41) is 0. The minimum atomic E-state index is 0.457. The van der Waals surface area contributed by atoms with Crippen molar-refractivity contribution in [2.45, 2.75) is 83.0 Å². The number of nitrogens with two attached hydrogens (primary N) is 1. The second-order valence-corrected chi connectivity index (χ2v) is 5.98. The fourth-order valence-corrected chi connectivity index (χ4v) is 3.69. The lowest BCUT2D eigenvalue weighted by Crippen LogP contribution is -2.49. The average molecular weight is 254 g/mol. The lowest BCUT2D eigenvalue weighted by molar-refractivity contribution is -0.0406. The molecule has 2 unspecified atom stereocenters. The molecule has 0 amide bonds. The summed E-state index contributed by atoms with van der Waals surface area (Å²) in [4.78, 5) is 2.75. The van der Waals surface area contributed by atoms with Crippen molar-refractivity contribution in [2.24, 2.45) is 5.73 Å². The highest BCUT2D eigenvalue weighted by Gasteiger charge is 2.31. The highest BCUT2D eigenvalue weighted by molar-refractivity contribution is 4.87. The molecule has 1 saturated heterocycles. The smallest absolute Gasteiger partial charge is 0.0587 e. The maximum absolute atomic E-state index is 6.02. The van der Waals surface area contributed by atoms with E-state index in [1.165, 1.54) is 45.1 Å². The summed E-state index contributed by atoms with van der Waals surface area (Å²) in [7, 11) is 0. The van der Waals surface area contributed by atoms with Crippen LogP contribution in [0.15, 0.2) is 0 Å². The Morgan fingerprint density at radius 3 is 2.39 bits per heavy atom. The van der Waals surface area contributed by atoms with Gasteiger partial charge in [-0.25, -0.2) is 0 Å². The Morgan fingerprint density at radius 1 is 1.06 bits per heavy atom. The molecule has 2 aliphatic rings. The molecule has 0 aromatic heterocycles. The lowest BCUT2D eigenvalue weighted by Gasteiger charge is -2.43. The third-order valence-corrected chi connectivity index (χ3v) is 4.84. The summed E-state index contributed by atoms with van der Waals surface area (Å²) in [6.45, 7) is 6.68. The summed E-state index contributed by atoms with van der Waals surface area (Å²) < 4.78 is 5.81. The summed E-state index contributed by atoms with van der Waals surface area (Å²) >= 11 is 0. The van der Waals surface area contributed by atoms with E-state index in [0.29, 0.717) is 12.1 Å². The zero-order chi connectivity index (χ0) is 13.0. The van der Waals surface area contributed by atoms with Gasteiger partial charge < -0.3 is 10.5 Å². The zero-order valence-corrected chi connectivity index (χ0v) is 12.1. The normalized spacial score (nSPS) is 38.0. The first kappa shape index (κ1) is 14.3. The molecule has 106 valence electrons. The van der Waals surface area contributed by atoms with Crippen molar-refractivity contribution >= 4 is 0 Å². The van der Waals surface area contributed by atoms with E-state index in [4.69, 9.17) is 10.5 Å². The van der Waals surface area contributed by atoms with Crippen LogP contribution >= 0.6 is 0 Å². The number of ether oxygens (including phenoxy) is 1. The highest BCUT2D eigenvalue weighted by Crippen LogP contribution is 2.28. The highest BCUT2D eigenvalue weighted by atomic mass is 16.5. The molecule has 18 heavy (non-hydrogen) atoms. The number of nitrogens with zero attached hydrogens (tertiary/aromatic N) is 1. The summed E-state index contributed by atoms with van der Waals surface area (Å²) in [6, 6.07) is 1.97. The largest absolute Gasteiger partial charge is 0.378 e. The van der Waals surface area contributed by atoms with Gasteiger partial charge in [0, 0.05) is 24.7 Å². The molecule has 0 radical (unpaired) electrons. The van der Waals surface area contributed by atoms with Crippen LogP contribution < -0.4 is 5.73 Å². The van der Waals surface area contributed by atoms with Crippen molar-refractivity contribution in [1.82, 2.24) is 4.90 Å². The van der Waals surface area contributed by atoms with Crippen LogP contribution in [0.1, 0.15) is 58.8 Å². The Balaban J connectivity index is 1.91. The van der Waals surface area contributed by atoms with Crippen LogP contribution in [0.5, 0.6) is 0 Å². The standard InChI is InChI=1S/C15H30N2O/c1-3-15-11-14(9-10-18-15)17(4-2)13-7-5-12(16)6-8-13/h12-15H,3-11,16H2,1-2H3. The van der Waals surface area contributed by atoms with Crippen LogP contribution in [0, 0.1) is 0 Å². The van der Waals surface area contributed by atoms with E-state index < -0.39 is 0 Å². The first-order valence-electron chi connectivity index (χ1n) is 7.87. The topological polar surface area (TPSA) is 38.5 Å². The summed E-state index contributed by atoms with van der Waals surface area (Å²) in [6.07, 6.45) is 9.10. The Morgan fingerprint density at radius 2 is 1.78 bits per heavy atom. The van der Waals surface area contributed by atoms with Gasteiger partial charge in [-0.2, -0.15) is 0 Å². The van der Waals surface area contributed by atoms with Gasteiger partial charge >= 0.3 is 0 Å². The van der Waals surface area contributed by atoms with Gasteiger partial charge in [-0.1, -0.05) is 13.8 Å². The Kier molecular flexibility index (Phi) is 5.46. The van der Waals surface area contributed by atoms with E-state index in [1.807, 2.05) is 0 Å². The SMILES string of the molecule is CCC1CC(N(CC)C2CCC(N)CC2)CCO1. The van der Waals surface area contributed by atoms with E-state index in [9.17, 15) is 0 Å².